The van der Waals surface area contributed by atoms with Crippen LogP contribution in [0.1, 0.15) is 16.8 Å². The lowest BCUT2D eigenvalue weighted by Gasteiger charge is -2.11. The van der Waals surface area contributed by atoms with Gasteiger partial charge in [0.15, 0.2) is 0 Å². The predicted octanol–water partition coefficient (Wildman–Crippen LogP) is 2.26. The quantitative estimate of drug-likeness (QED) is 0.761. The van der Waals surface area contributed by atoms with Crippen molar-refractivity contribution in [3.8, 4) is 17.6 Å². The van der Waals surface area contributed by atoms with Crippen molar-refractivity contribution in [1.82, 2.24) is 4.98 Å². The van der Waals surface area contributed by atoms with Crippen molar-refractivity contribution < 1.29 is 19.0 Å². The van der Waals surface area contributed by atoms with E-state index in [0.29, 0.717) is 22.8 Å². The zero-order valence-corrected chi connectivity index (χ0v) is 12.9. The zero-order valence-electron chi connectivity index (χ0n) is 12.9. The molecule has 0 saturated carbocycles. The van der Waals surface area contributed by atoms with Crippen LogP contribution >= 0.6 is 0 Å². The van der Waals surface area contributed by atoms with E-state index in [0.717, 1.165) is 5.56 Å². The molecule has 0 amide bonds. The molecule has 6 nitrogen and oxygen atoms in total. The second kappa shape index (κ2) is 7.80. The third kappa shape index (κ3) is 4.45. The topological polar surface area (TPSA) is 81.4 Å². The molecule has 0 fully saturated rings. The summed E-state index contributed by atoms with van der Waals surface area (Å²) in [6.07, 6.45) is 1.59. The summed E-state index contributed by atoms with van der Waals surface area (Å²) < 4.78 is 15.6. The predicted molar refractivity (Wildman–Crippen MR) is 82.0 cm³/mol. The Bertz CT molecular complexity index is 720. The summed E-state index contributed by atoms with van der Waals surface area (Å²) in [6, 6.07) is 10.5. The van der Waals surface area contributed by atoms with Gasteiger partial charge in [0, 0.05) is 17.8 Å². The first-order valence-electron chi connectivity index (χ1n) is 6.88. The minimum absolute atomic E-state index is 0.0944. The molecular weight excluding hydrogens is 296 g/mol. The highest BCUT2D eigenvalue weighted by Gasteiger charge is 2.10. The van der Waals surface area contributed by atoms with E-state index in [1.54, 1.807) is 44.6 Å². The summed E-state index contributed by atoms with van der Waals surface area (Å²) >= 11 is 0. The fourth-order valence-electron chi connectivity index (χ4n) is 1.94. The van der Waals surface area contributed by atoms with Gasteiger partial charge in [0.2, 0.25) is 0 Å². The van der Waals surface area contributed by atoms with Crippen LogP contribution in [0.15, 0.2) is 36.5 Å². The maximum atomic E-state index is 11.9. The van der Waals surface area contributed by atoms with Crippen LogP contribution < -0.4 is 9.47 Å². The van der Waals surface area contributed by atoms with E-state index in [9.17, 15) is 4.79 Å². The number of rotatable bonds is 6. The van der Waals surface area contributed by atoms with Crippen molar-refractivity contribution in [2.24, 2.45) is 0 Å². The van der Waals surface area contributed by atoms with Gasteiger partial charge in [0.25, 0.3) is 0 Å². The van der Waals surface area contributed by atoms with Crippen LogP contribution in [-0.4, -0.2) is 25.2 Å². The van der Waals surface area contributed by atoms with E-state index in [1.807, 2.05) is 6.07 Å². The Morgan fingerprint density at radius 3 is 2.65 bits per heavy atom. The number of nitrogens with zero attached hydrogens (tertiary/aromatic N) is 2. The van der Waals surface area contributed by atoms with Gasteiger partial charge in [-0.3, -0.25) is 4.79 Å². The van der Waals surface area contributed by atoms with Gasteiger partial charge in [0.1, 0.15) is 29.9 Å². The maximum Gasteiger partial charge on any atom is 0.310 e. The van der Waals surface area contributed by atoms with Crippen LogP contribution in [0, 0.1) is 11.3 Å². The number of hydrogen-bond donors (Lipinski definition) is 0. The molecule has 118 valence electrons. The van der Waals surface area contributed by atoms with Gasteiger partial charge in [-0.05, 0) is 23.8 Å². The highest BCUT2D eigenvalue weighted by atomic mass is 16.5. The maximum absolute atomic E-state index is 11.9. The Morgan fingerprint density at radius 1 is 1.22 bits per heavy atom. The lowest BCUT2D eigenvalue weighted by Crippen LogP contribution is -2.09. The molecule has 0 radical (unpaired) electrons. The minimum Gasteiger partial charge on any atom is -0.497 e. The Hall–Kier alpha value is -3.07. The highest BCUT2D eigenvalue weighted by molar-refractivity contribution is 5.72. The number of nitriles is 1. The summed E-state index contributed by atoms with van der Waals surface area (Å²) in [7, 11) is 3.11. The van der Waals surface area contributed by atoms with Gasteiger partial charge in [-0.1, -0.05) is 6.07 Å². The Morgan fingerprint density at radius 2 is 2.04 bits per heavy atom. The molecule has 0 aliphatic carbocycles. The summed E-state index contributed by atoms with van der Waals surface area (Å²) in [4.78, 5) is 15.8. The second-order valence-electron chi connectivity index (χ2n) is 4.68. The highest BCUT2D eigenvalue weighted by Crippen LogP contribution is 2.25. The fourth-order valence-corrected chi connectivity index (χ4v) is 1.94. The summed E-state index contributed by atoms with van der Waals surface area (Å²) in [5.74, 6) is 0.882. The molecule has 1 heterocycles. The molecule has 0 aliphatic rings. The molecule has 0 atom stereocenters. The van der Waals surface area contributed by atoms with Crippen molar-refractivity contribution in [2.75, 3.05) is 14.2 Å². The van der Waals surface area contributed by atoms with Crippen LogP contribution in [-0.2, 0) is 22.6 Å². The number of pyridine rings is 1. The van der Waals surface area contributed by atoms with E-state index in [4.69, 9.17) is 19.5 Å². The summed E-state index contributed by atoms with van der Waals surface area (Å²) in [5.41, 5.74) is 1.75. The van der Waals surface area contributed by atoms with Crippen LogP contribution in [0.25, 0.3) is 0 Å². The van der Waals surface area contributed by atoms with E-state index in [-0.39, 0.29) is 19.0 Å². The summed E-state index contributed by atoms with van der Waals surface area (Å²) in [5, 5.41) is 8.68. The van der Waals surface area contributed by atoms with E-state index < -0.39 is 0 Å². The van der Waals surface area contributed by atoms with Crippen molar-refractivity contribution in [3.05, 3.63) is 53.3 Å². The third-order valence-electron chi connectivity index (χ3n) is 3.17. The molecule has 0 saturated heterocycles. The molecule has 1 aromatic carbocycles. The Balaban J connectivity index is 1.94. The van der Waals surface area contributed by atoms with E-state index in [2.05, 4.69) is 4.98 Å². The Labute approximate surface area is 134 Å². The van der Waals surface area contributed by atoms with E-state index in [1.165, 1.54) is 6.20 Å². The first-order chi connectivity index (χ1) is 11.2. The van der Waals surface area contributed by atoms with Crippen LogP contribution in [0.3, 0.4) is 0 Å². The van der Waals surface area contributed by atoms with Gasteiger partial charge < -0.3 is 14.2 Å². The van der Waals surface area contributed by atoms with Crippen molar-refractivity contribution in [1.29, 1.82) is 5.26 Å². The normalized spacial score (nSPS) is 9.78. The van der Waals surface area contributed by atoms with E-state index >= 15 is 0 Å². The number of esters is 1. The lowest BCUT2D eigenvalue weighted by atomic mass is 10.2. The van der Waals surface area contributed by atoms with Crippen LogP contribution in [0.2, 0.25) is 0 Å². The van der Waals surface area contributed by atoms with Crippen molar-refractivity contribution in [2.45, 2.75) is 13.0 Å². The number of benzene rings is 1. The molecule has 2 rings (SSSR count). The lowest BCUT2D eigenvalue weighted by molar-refractivity contribution is -0.144. The fraction of sp³-hybridized carbons (Fsp3) is 0.235. The monoisotopic (exact) mass is 312 g/mol. The smallest absolute Gasteiger partial charge is 0.310 e. The van der Waals surface area contributed by atoms with Gasteiger partial charge in [0.05, 0.1) is 20.6 Å². The number of carbonyl (C=O) groups excluding carboxylic acids is 1. The molecule has 2 aromatic rings. The molecule has 0 aliphatic heterocycles. The van der Waals surface area contributed by atoms with Crippen molar-refractivity contribution in [3.63, 3.8) is 0 Å². The average molecular weight is 312 g/mol. The average Bonchev–Trinajstić information content (AvgIpc) is 2.60. The molecule has 0 spiro atoms. The molecule has 0 unspecified atom stereocenters. The standard InChI is InChI=1S/C17H16N2O4/c1-21-15-6-4-13(16(8-15)22-2)11-23-17(20)7-12-3-5-14(9-18)19-10-12/h3-6,8,10H,7,11H2,1-2H3. The largest absolute Gasteiger partial charge is 0.497 e. The van der Waals surface area contributed by atoms with Gasteiger partial charge in [-0.2, -0.15) is 5.26 Å². The summed E-state index contributed by atoms with van der Waals surface area (Å²) in [6.45, 7) is 0.107. The molecule has 23 heavy (non-hydrogen) atoms. The number of methoxy groups -OCH3 is 2. The molecule has 0 N–H and O–H groups in total. The molecule has 0 bridgehead atoms. The number of hydrogen-bond acceptors (Lipinski definition) is 6. The van der Waals surface area contributed by atoms with Crippen molar-refractivity contribution >= 4 is 5.97 Å². The second-order valence-corrected chi connectivity index (χ2v) is 4.68. The van der Waals surface area contributed by atoms with Crippen LogP contribution in [0.4, 0.5) is 0 Å². The first kappa shape index (κ1) is 16.3. The van der Waals surface area contributed by atoms with Gasteiger partial charge >= 0.3 is 5.97 Å². The molecule has 6 heteroatoms. The number of aromatic nitrogens is 1. The van der Waals surface area contributed by atoms with Gasteiger partial charge in [-0.25, -0.2) is 4.98 Å². The first-order valence-corrected chi connectivity index (χ1v) is 6.88. The minimum atomic E-state index is -0.380. The third-order valence-corrected chi connectivity index (χ3v) is 3.17. The number of carbonyl (C=O) groups is 1. The molecule has 1 aromatic heterocycles. The SMILES string of the molecule is COc1ccc(COC(=O)Cc2ccc(C#N)nc2)c(OC)c1. The number of ether oxygens (including phenoxy) is 3. The zero-order chi connectivity index (χ0) is 16.7. The molecular formula is C17H16N2O4. The van der Waals surface area contributed by atoms with Crippen LogP contribution in [0.5, 0.6) is 11.5 Å². The Kier molecular flexibility index (Phi) is 5.53. The van der Waals surface area contributed by atoms with Gasteiger partial charge in [-0.15, -0.1) is 0 Å².